The minimum Gasteiger partial charge on any atom is -0.359 e. The standard InChI is InChI=1S/C20H14N6O2/c27-20-18-19(26(24-22-18)15-9-5-2-6-10-15)21-13-25(20)12-16-11-17(23-28-16)14-7-3-1-4-8-14/h1-11,13H,12H2. The Bertz CT molecular complexity index is 1310. The molecular weight excluding hydrogens is 356 g/mol. The van der Waals surface area contributed by atoms with Crippen LogP contribution in [0.15, 0.2) is 82.4 Å². The number of hydrogen-bond donors (Lipinski definition) is 0. The van der Waals surface area contributed by atoms with Gasteiger partial charge in [-0.15, -0.1) is 5.10 Å². The van der Waals surface area contributed by atoms with Gasteiger partial charge in [0.15, 0.2) is 16.9 Å². The molecule has 0 saturated heterocycles. The molecule has 0 saturated carbocycles. The first-order valence-electron chi connectivity index (χ1n) is 8.67. The predicted molar refractivity (Wildman–Crippen MR) is 102 cm³/mol. The fourth-order valence-electron chi connectivity index (χ4n) is 3.00. The molecule has 136 valence electrons. The normalized spacial score (nSPS) is 11.1. The number of nitrogens with zero attached hydrogens (tertiary/aromatic N) is 6. The molecule has 0 amide bonds. The molecule has 8 nitrogen and oxygen atoms in total. The SMILES string of the molecule is O=c1c2nnn(-c3ccccc3)c2ncn1Cc1cc(-c2ccccc2)no1. The Morgan fingerprint density at radius 1 is 0.964 bits per heavy atom. The van der Waals surface area contributed by atoms with Gasteiger partial charge in [-0.1, -0.05) is 58.9 Å². The second-order valence-corrected chi connectivity index (χ2v) is 6.23. The Kier molecular flexibility index (Phi) is 3.79. The summed E-state index contributed by atoms with van der Waals surface area (Å²) in [6.07, 6.45) is 1.47. The van der Waals surface area contributed by atoms with E-state index >= 15 is 0 Å². The fourth-order valence-corrected chi connectivity index (χ4v) is 3.00. The molecule has 0 aliphatic heterocycles. The second kappa shape index (κ2) is 6.58. The van der Waals surface area contributed by atoms with Crippen LogP contribution in [0.1, 0.15) is 5.76 Å². The Labute approximate surface area is 158 Å². The Morgan fingerprint density at radius 3 is 2.50 bits per heavy atom. The number of aromatic nitrogens is 6. The molecule has 0 aliphatic carbocycles. The highest BCUT2D eigenvalue weighted by Gasteiger charge is 2.14. The molecule has 0 unspecified atom stereocenters. The van der Waals surface area contributed by atoms with Gasteiger partial charge in [0.1, 0.15) is 12.0 Å². The maximum absolute atomic E-state index is 12.8. The zero-order valence-electron chi connectivity index (χ0n) is 14.6. The molecule has 5 aromatic rings. The molecule has 0 aliphatic rings. The van der Waals surface area contributed by atoms with Crippen LogP contribution in [0.2, 0.25) is 0 Å². The minimum absolute atomic E-state index is 0.203. The zero-order chi connectivity index (χ0) is 18.9. The van der Waals surface area contributed by atoms with Crippen LogP contribution >= 0.6 is 0 Å². The number of hydrogen-bond acceptors (Lipinski definition) is 6. The van der Waals surface area contributed by atoms with Crippen LogP contribution in [0.3, 0.4) is 0 Å². The van der Waals surface area contributed by atoms with E-state index in [4.69, 9.17) is 4.52 Å². The molecule has 0 bridgehead atoms. The van der Waals surface area contributed by atoms with E-state index in [1.54, 1.807) is 4.68 Å². The quantitative estimate of drug-likeness (QED) is 0.483. The summed E-state index contributed by atoms with van der Waals surface area (Å²) >= 11 is 0. The third kappa shape index (κ3) is 2.77. The van der Waals surface area contributed by atoms with Crippen molar-refractivity contribution in [2.45, 2.75) is 6.54 Å². The number of para-hydroxylation sites is 1. The van der Waals surface area contributed by atoms with E-state index in [9.17, 15) is 4.79 Å². The molecule has 3 heterocycles. The molecule has 0 spiro atoms. The fraction of sp³-hybridized carbons (Fsp3) is 0.0500. The molecule has 0 radical (unpaired) electrons. The summed E-state index contributed by atoms with van der Waals surface area (Å²) in [5.74, 6) is 0.553. The minimum atomic E-state index is -0.287. The van der Waals surface area contributed by atoms with Crippen LogP contribution in [0.5, 0.6) is 0 Å². The van der Waals surface area contributed by atoms with Crippen molar-refractivity contribution in [1.82, 2.24) is 29.7 Å². The lowest BCUT2D eigenvalue weighted by atomic mass is 10.1. The van der Waals surface area contributed by atoms with E-state index in [1.165, 1.54) is 10.9 Å². The summed E-state index contributed by atoms with van der Waals surface area (Å²) in [4.78, 5) is 17.2. The van der Waals surface area contributed by atoms with Crippen LogP contribution in [0, 0.1) is 0 Å². The Balaban J connectivity index is 1.49. The highest BCUT2D eigenvalue weighted by Crippen LogP contribution is 2.19. The van der Waals surface area contributed by atoms with Crippen LogP contribution in [-0.4, -0.2) is 29.7 Å². The van der Waals surface area contributed by atoms with Gasteiger partial charge in [0.2, 0.25) is 0 Å². The van der Waals surface area contributed by atoms with Gasteiger partial charge in [0.25, 0.3) is 5.56 Å². The second-order valence-electron chi connectivity index (χ2n) is 6.23. The van der Waals surface area contributed by atoms with Gasteiger partial charge in [0, 0.05) is 11.6 Å². The smallest absolute Gasteiger partial charge is 0.283 e. The van der Waals surface area contributed by atoms with Crippen molar-refractivity contribution in [2.75, 3.05) is 0 Å². The molecule has 5 rings (SSSR count). The van der Waals surface area contributed by atoms with Crippen molar-refractivity contribution in [3.63, 3.8) is 0 Å². The van der Waals surface area contributed by atoms with Crippen LogP contribution in [0.25, 0.3) is 28.1 Å². The average molecular weight is 370 g/mol. The van der Waals surface area contributed by atoms with Crippen molar-refractivity contribution in [3.8, 4) is 16.9 Å². The van der Waals surface area contributed by atoms with Crippen LogP contribution < -0.4 is 5.56 Å². The molecule has 0 fully saturated rings. The maximum atomic E-state index is 12.8. The highest BCUT2D eigenvalue weighted by atomic mass is 16.5. The summed E-state index contributed by atoms with van der Waals surface area (Å²) < 4.78 is 8.36. The third-order valence-corrected chi connectivity index (χ3v) is 4.38. The molecule has 0 atom stereocenters. The van der Waals surface area contributed by atoms with Crippen LogP contribution in [-0.2, 0) is 6.54 Å². The van der Waals surface area contributed by atoms with Gasteiger partial charge in [-0.05, 0) is 12.1 Å². The largest absolute Gasteiger partial charge is 0.359 e. The summed E-state index contributed by atoms with van der Waals surface area (Å²) in [7, 11) is 0. The van der Waals surface area contributed by atoms with Crippen molar-refractivity contribution < 1.29 is 4.52 Å². The first-order chi connectivity index (χ1) is 13.8. The van der Waals surface area contributed by atoms with E-state index in [0.29, 0.717) is 17.1 Å². The Morgan fingerprint density at radius 2 is 1.71 bits per heavy atom. The van der Waals surface area contributed by atoms with E-state index in [1.807, 2.05) is 66.7 Å². The summed E-state index contributed by atoms with van der Waals surface area (Å²) in [5, 5.41) is 12.2. The zero-order valence-corrected chi connectivity index (χ0v) is 14.6. The van der Waals surface area contributed by atoms with Gasteiger partial charge < -0.3 is 4.52 Å². The Hall–Kier alpha value is -4.07. The lowest BCUT2D eigenvalue weighted by Gasteiger charge is -2.03. The van der Waals surface area contributed by atoms with E-state index < -0.39 is 0 Å². The molecule has 28 heavy (non-hydrogen) atoms. The predicted octanol–water partition coefficient (Wildman–Crippen LogP) is 2.68. The molecular formula is C20H14N6O2. The van der Waals surface area contributed by atoms with Crippen LogP contribution in [0.4, 0.5) is 0 Å². The summed E-state index contributed by atoms with van der Waals surface area (Å²) in [6.45, 7) is 0.208. The van der Waals surface area contributed by atoms with E-state index in [-0.39, 0.29) is 17.6 Å². The number of fused-ring (bicyclic) bond motifs is 1. The van der Waals surface area contributed by atoms with Gasteiger partial charge in [-0.2, -0.15) is 4.68 Å². The van der Waals surface area contributed by atoms with E-state index in [0.717, 1.165) is 11.3 Å². The lowest BCUT2D eigenvalue weighted by Crippen LogP contribution is -2.21. The van der Waals surface area contributed by atoms with Crippen molar-refractivity contribution in [1.29, 1.82) is 0 Å². The maximum Gasteiger partial charge on any atom is 0.283 e. The number of rotatable bonds is 4. The highest BCUT2D eigenvalue weighted by molar-refractivity contribution is 5.70. The third-order valence-electron chi connectivity index (χ3n) is 4.38. The molecule has 8 heteroatoms. The lowest BCUT2D eigenvalue weighted by molar-refractivity contribution is 0.376. The molecule has 2 aromatic carbocycles. The van der Waals surface area contributed by atoms with E-state index in [2.05, 4.69) is 20.5 Å². The van der Waals surface area contributed by atoms with Gasteiger partial charge >= 0.3 is 0 Å². The number of benzene rings is 2. The van der Waals surface area contributed by atoms with Gasteiger partial charge in [-0.3, -0.25) is 9.36 Å². The van der Waals surface area contributed by atoms with Crippen molar-refractivity contribution >= 4 is 11.2 Å². The molecule has 3 aromatic heterocycles. The molecule has 0 N–H and O–H groups in total. The first kappa shape index (κ1) is 16.1. The topological polar surface area (TPSA) is 91.6 Å². The monoisotopic (exact) mass is 370 g/mol. The summed E-state index contributed by atoms with van der Waals surface area (Å²) in [6, 6.07) is 20.9. The summed E-state index contributed by atoms with van der Waals surface area (Å²) in [5.41, 5.74) is 2.78. The van der Waals surface area contributed by atoms with Crippen molar-refractivity contribution in [3.05, 3.63) is 89.2 Å². The van der Waals surface area contributed by atoms with Gasteiger partial charge in [0.05, 0.1) is 12.2 Å². The van der Waals surface area contributed by atoms with Gasteiger partial charge in [-0.25, -0.2) is 4.98 Å². The first-order valence-corrected chi connectivity index (χ1v) is 8.67. The van der Waals surface area contributed by atoms with Crippen molar-refractivity contribution in [2.24, 2.45) is 0 Å². The average Bonchev–Trinajstić information content (AvgIpc) is 3.39.